The van der Waals surface area contributed by atoms with Gasteiger partial charge < -0.3 is 20.2 Å². The molecule has 0 aliphatic rings. The van der Waals surface area contributed by atoms with E-state index >= 15 is 0 Å². The molecule has 5 heteroatoms. The van der Waals surface area contributed by atoms with E-state index in [0.29, 0.717) is 12.1 Å². The van der Waals surface area contributed by atoms with Crippen LogP contribution in [0.5, 0.6) is 0 Å². The fourth-order valence-electron chi connectivity index (χ4n) is 0.0170. The van der Waals surface area contributed by atoms with Gasteiger partial charge in [-0.2, -0.15) is 0 Å². The Kier molecular flexibility index (Phi) is 4.35. The molecule has 0 aromatic rings. The Balaban J connectivity index is 2.19. The van der Waals surface area contributed by atoms with Crippen LogP contribution in [-0.2, 0) is 0 Å². The lowest BCUT2D eigenvalue weighted by Crippen LogP contribution is -1.97. The van der Waals surface area contributed by atoms with Crippen LogP contribution in [0.3, 0.4) is 0 Å². The molecule has 0 bridgehead atoms. The number of hydrogen-bond donors (Lipinski definition) is 2. The van der Waals surface area contributed by atoms with E-state index < -0.39 is 0 Å². The van der Waals surface area contributed by atoms with Gasteiger partial charge in [-0.1, -0.05) is 0 Å². The van der Waals surface area contributed by atoms with Gasteiger partial charge in [0.1, 0.15) is 0 Å². The van der Waals surface area contributed by atoms with E-state index in [0.717, 1.165) is 0 Å². The summed E-state index contributed by atoms with van der Waals surface area (Å²) in [5, 5.41) is 18.0. The summed E-state index contributed by atoms with van der Waals surface area (Å²) >= 11 is 0.352. The van der Waals surface area contributed by atoms with Crippen molar-refractivity contribution >= 4 is 12.1 Å². The zero-order chi connectivity index (χ0) is 4.12. The molecule has 4 nitrogen and oxygen atoms in total. The third kappa shape index (κ3) is 4.19. The van der Waals surface area contributed by atoms with Gasteiger partial charge in [-0.3, -0.25) is 0 Å². The molecule has 0 aliphatic carbocycles. The molecule has 0 aliphatic heterocycles. The predicted molar refractivity (Wildman–Crippen MR) is 20.6 cm³/mol. The second-order valence-corrected chi connectivity index (χ2v) is 0.806. The van der Waals surface area contributed by atoms with Crippen molar-refractivity contribution in [3.8, 4) is 0 Å². The Morgan fingerprint density at radius 1 is 1.20 bits per heavy atom. The molecule has 0 heterocycles. The third-order valence-electron chi connectivity index (χ3n) is 0.0833. The van der Waals surface area contributed by atoms with Crippen LogP contribution < -0.4 is 9.77 Å². The Labute approximate surface area is 33.4 Å². The minimum absolute atomic E-state index is 0.352. The van der Waals surface area contributed by atoms with Crippen LogP contribution in [0.25, 0.3) is 0 Å². The van der Waals surface area contributed by atoms with Gasteiger partial charge in [0.15, 0.2) is 0 Å². The van der Waals surface area contributed by atoms with Crippen LogP contribution in [0.1, 0.15) is 0 Å². The van der Waals surface area contributed by atoms with Crippen LogP contribution in [-0.4, -0.2) is 0 Å². The molecule has 0 fully saturated rings. The molecule has 0 amide bonds. The lowest BCUT2D eigenvalue weighted by atomic mass is 13.5. The Hall–Kier alpha value is 0.190. The normalized spacial score (nSPS) is 8.40. The van der Waals surface area contributed by atoms with Gasteiger partial charge in [0.05, 0.1) is 0 Å². The first-order chi connectivity index (χ1) is 2.41. The number of hydrogen-bond acceptors (Lipinski definition) is 5. The van der Waals surface area contributed by atoms with Crippen LogP contribution >= 0.6 is 12.1 Å². The summed E-state index contributed by atoms with van der Waals surface area (Å²) in [6.45, 7) is 0. The predicted octanol–water partition coefficient (Wildman–Crippen LogP) is -0.276. The topological polar surface area (TPSA) is 70.2 Å². The smallest absolute Gasteiger partial charge is 0.0234 e. The SMILES string of the molecule is [O-]NSN[O-]. The molecule has 0 saturated heterocycles. The van der Waals surface area contributed by atoms with Gasteiger partial charge in [0.25, 0.3) is 0 Å². The van der Waals surface area contributed by atoms with Crippen molar-refractivity contribution < 1.29 is 0 Å². The van der Waals surface area contributed by atoms with Crippen LogP contribution in [0.15, 0.2) is 0 Å². The monoisotopic (exact) mass is 94.0 g/mol. The average molecular weight is 94.1 g/mol. The highest BCUT2D eigenvalue weighted by Gasteiger charge is 1.46. The Morgan fingerprint density at radius 2 is 1.60 bits per heavy atom. The first-order valence-electron chi connectivity index (χ1n) is 0.816. The van der Waals surface area contributed by atoms with E-state index in [2.05, 4.69) is 0 Å². The van der Waals surface area contributed by atoms with E-state index in [1.165, 1.54) is 9.77 Å². The van der Waals surface area contributed by atoms with Gasteiger partial charge >= 0.3 is 0 Å². The first-order valence-corrected chi connectivity index (χ1v) is 1.63. The summed E-state index contributed by atoms with van der Waals surface area (Å²) in [6.07, 6.45) is 0. The van der Waals surface area contributed by atoms with E-state index in [9.17, 15) is 0 Å². The summed E-state index contributed by atoms with van der Waals surface area (Å²) in [5.41, 5.74) is 0. The summed E-state index contributed by atoms with van der Waals surface area (Å²) in [6, 6.07) is 0. The average Bonchev–Trinajstić information content (AvgIpc) is 1.41. The largest absolute Gasteiger partial charge is 0.777 e. The molecule has 32 valence electrons. The summed E-state index contributed by atoms with van der Waals surface area (Å²) in [4.78, 5) is 2.52. The lowest BCUT2D eigenvalue weighted by Gasteiger charge is -2.07. The van der Waals surface area contributed by atoms with Crippen molar-refractivity contribution in [1.29, 1.82) is 0 Å². The van der Waals surface area contributed by atoms with Crippen molar-refractivity contribution in [2.45, 2.75) is 0 Å². The molecule has 0 atom stereocenters. The molecule has 2 N–H and O–H groups in total. The quantitative estimate of drug-likeness (QED) is 0.364. The maximum Gasteiger partial charge on any atom is -0.0234 e. The fraction of sp³-hybridized carbons (Fsp3) is 0. The molecule has 0 aromatic heterocycles. The van der Waals surface area contributed by atoms with Crippen molar-refractivity contribution in [2.24, 2.45) is 0 Å². The zero-order valence-corrected chi connectivity index (χ0v) is 3.04. The van der Waals surface area contributed by atoms with E-state index in [-0.39, 0.29) is 0 Å². The second-order valence-electron chi connectivity index (χ2n) is 0.269. The van der Waals surface area contributed by atoms with Gasteiger partial charge in [-0.15, -0.1) is 0 Å². The summed E-state index contributed by atoms with van der Waals surface area (Å²) in [7, 11) is 0. The van der Waals surface area contributed by atoms with Crippen molar-refractivity contribution in [3.05, 3.63) is 10.4 Å². The van der Waals surface area contributed by atoms with Crippen LogP contribution in [0.2, 0.25) is 0 Å². The van der Waals surface area contributed by atoms with Gasteiger partial charge in [-0.25, -0.2) is 0 Å². The standard InChI is InChI=1S/H2N2O2S/c3-1-5-2-4/h1-2H/q-2. The third-order valence-corrected chi connectivity index (χ3v) is 0.250. The second kappa shape index (κ2) is 4.19. The summed E-state index contributed by atoms with van der Waals surface area (Å²) < 4.78 is 0. The highest BCUT2D eigenvalue weighted by Crippen LogP contribution is 1.73. The van der Waals surface area contributed by atoms with Gasteiger partial charge in [0, 0.05) is 0 Å². The Bertz CT molecular complexity index is 15.1. The maximum atomic E-state index is 8.98. The molecular weight excluding hydrogens is 92.1 g/mol. The minimum atomic E-state index is 0.352. The van der Waals surface area contributed by atoms with Crippen molar-refractivity contribution in [3.63, 3.8) is 0 Å². The molecule has 0 aromatic carbocycles. The molecule has 0 spiro atoms. The Morgan fingerprint density at radius 3 is 1.60 bits per heavy atom. The fourth-order valence-corrected chi connectivity index (χ4v) is 0.0510. The molecule has 5 heavy (non-hydrogen) atoms. The molecular formula is H2N2O2S-2. The zero-order valence-electron chi connectivity index (χ0n) is 2.22. The number of nitrogens with one attached hydrogen (secondary N) is 2. The van der Waals surface area contributed by atoms with Crippen molar-refractivity contribution in [2.75, 3.05) is 0 Å². The van der Waals surface area contributed by atoms with Crippen LogP contribution in [0.4, 0.5) is 0 Å². The number of rotatable bonds is 2. The minimum Gasteiger partial charge on any atom is -0.777 e. The van der Waals surface area contributed by atoms with Gasteiger partial charge in [0.2, 0.25) is 0 Å². The first kappa shape index (κ1) is 5.19. The molecule has 0 radical (unpaired) electrons. The van der Waals surface area contributed by atoms with Crippen LogP contribution in [0, 0.1) is 10.4 Å². The van der Waals surface area contributed by atoms with Crippen molar-refractivity contribution in [1.82, 2.24) is 9.77 Å². The highest BCUT2D eigenvalue weighted by molar-refractivity contribution is 7.95. The van der Waals surface area contributed by atoms with Gasteiger partial charge in [-0.05, 0) is 12.1 Å². The molecule has 0 rings (SSSR count). The lowest BCUT2D eigenvalue weighted by molar-refractivity contribution is 1.36. The van der Waals surface area contributed by atoms with E-state index in [1.54, 1.807) is 0 Å². The van der Waals surface area contributed by atoms with E-state index in [4.69, 9.17) is 10.4 Å². The summed E-state index contributed by atoms with van der Waals surface area (Å²) in [5.74, 6) is 0. The van der Waals surface area contributed by atoms with E-state index in [1.807, 2.05) is 0 Å². The maximum absolute atomic E-state index is 8.98. The highest BCUT2D eigenvalue weighted by atomic mass is 32.2. The molecule has 0 saturated carbocycles. The molecule has 0 unspecified atom stereocenters.